The Labute approximate surface area is 135 Å². The fourth-order valence-corrected chi connectivity index (χ4v) is 2.04. The predicted octanol–water partition coefficient (Wildman–Crippen LogP) is 1.49. The molecule has 3 N–H and O–H groups in total. The van der Waals surface area contributed by atoms with E-state index < -0.39 is 16.2 Å². The van der Waals surface area contributed by atoms with Crippen molar-refractivity contribution in [3.8, 4) is 0 Å². The fraction of sp³-hybridized carbons (Fsp3) is 0.250. The minimum Gasteiger partial charge on any atom is -0.394 e. The maximum atomic E-state index is 10.4. The Hall–Kier alpha value is -1.77. The molecule has 0 atom stereocenters. The van der Waals surface area contributed by atoms with Crippen LogP contribution in [-0.4, -0.2) is 42.5 Å². The van der Waals surface area contributed by atoms with Gasteiger partial charge in [-0.2, -0.15) is 8.42 Å². The highest BCUT2D eigenvalue weighted by molar-refractivity contribution is 7.85. The van der Waals surface area contributed by atoms with Crippen LogP contribution in [0.1, 0.15) is 5.56 Å². The molecule has 6 nitrogen and oxygen atoms in total. The van der Waals surface area contributed by atoms with Gasteiger partial charge in [0.25, 0.3) is 10.1 Å². The third-order valence-corrected chi connectivity index (χ3v) is 3.64. The number of hydrogen-bond acceptors (Lipinski definition) is 5. The van der Waals surface area contributed by atoms with E-state index in [0.29, 0.717) is 6.61 Å². The van der Waals surface area contributed by atoms with Crippen LogP contribution in [0.5, 0.6) is 0 Å². The normalized spacial score (nSPS) is 11.0. The molecule has 0 aliphatic carbocycles. The van der Waals surface area contributed by atoms with Crippen LogP contribution in [-0.2, 0) is 21.5 Å². The molecule has 2 rings (SSSR count). The average Bonchev–Trinajstić information content (AvgIpc) is 2.57. The third-order valence-electron chi connectivity index (χ3n) is 2.78. The molecule has 7 heteroatoms. The van der Waals surface area contributed by atoms with Crippen LogP contribution in [0.25, 0.3) is 0 Å². The molecule has 0 amide bonds. The lowest BCUT2D eigenvalue weighted by atomic mass is 10.2. The van der Waals surface area contributed by atoms with E-state index in [1.54, 1.807) is 18.2 Å². The van der Waals surface area contributed by atoms with Crippen LogP contribution in [0, 0.1) is 0 Å². The largest absolute Gasteiger partial charge is 0.394 e. The molecule has 0 unspecified atom stereocenters. The molecule has 0 saturated carbocycles. The first-order valence-electron chi connectivity index (χ1n) is 6.87. The van der Waals surface area contributed by atoms with Gasteiger partial charge in [0.1, 0.15) is 6.10 Å². The quantitative estimate of drug-likeness (QED) is 0.688. The Morgan fingerprint density at radius 3 is 1.74 bits per heavy atom. The zero-order valence-corrected chi connectivity index (χ0v) is 13.3. The van der Waals surface area contributed by atoms with Crippen molar-refractivity contribution >= 4 is 10.1 Å². The smallest absolute Gasteiger partial charge is 0.294 e. The molecule has 0 aliphatic rings. The lowest BCUT2D eigenvalue weighted by molar-refractivity contribution is -0.0284. The maximum Gasteiger partial charge on any atom is 0.294 e. The van der Waals surface area contributed by atoms with Gasteiger partial charge in [-0.3, -0.25) is 4.55 Å². The average molecular weight is 340 g/mol. The molecule has 0 aromatic heterocycles. The van der Waals surface area contributed by atoms with Gasteiger partial charge < -0.3 is 14.9 Å². The summed E-state index contributed by atoms with van der Waals surface area (Å²) >= 11 is 0. The zero-order chi connectivity index (χ0) is 17.1. The number of ether oxygens (including phenoxy) is 1. The Morgan fingerprint density at radius 2 is 1.35 bits per heavy atom. The van der Waals surface area contributed by atoms with E-state index in [4.69, 9.17) is 19.5 Å². The summed E-state index contributed by atoms with van der Waals surface area (Å²) in [5, 5.41) is 17.4. The van der Waals surface area contributed by atoms with Gasteiger partial charge in [-0.25, -0.2) is 0 Å². The first kappa shape index (κ1) is 19.3. The Bertz CT molecular complexity index is 639. The van der Waals surface area contributed by atoms with Crippen molar-refractivity contribution in [2.45, 2.75) is 17.6 Å². The summed E-state index contributed by atoms with van der Waals surface area (Å²) in [6, 6.07) is 17.1. The van der Waals surface area contributed by atoms with E-state index in [1.807, 2.05) is 30.3 Å². The fourth-order valence-electron chi connectivity index (χ4n) is 1.54. The molecule has 2 aromatic rings. The molecule has 0 saturated heterocycles. The summed E-state index contributed by atoms with van der Waals surface area (Å²) in [5.41, 5.74) is 1.04. The van der Waals surface area contributed by atoms with Crippen molar-refractivity contribution in [2.24, 2.45) is 0 Å². The van der Waals surface area contributed by atoms with E-state index in [9.17, 15) is 8.42 Å². The molecule has 126 valence electrons. The molecular weight excluding hydrogens is 320 g/mol. The first-order valence-corrected chi connectivity index (χ1v) is 8.31. The van der Waals surface area contributed by atoms with Gasteiger partial charge in [0.05, 0.1) is 24.7 Å². The highest BCUT2D eigenvalue weighted by Gasteiger charge is 2.06. The van der Waals surface area contributed by atoms with Gasteiger partial charge >= 0.3 is 0 Å². The van der Waals surface area contributed by atoms with Crippen molar-refractivity contribution in [3.05, 3.63) is 66.2 Å². The van der Waals surface area contributed by atoms with Crippen molar-refractivity contribution < 1.29 is 27.9 Å². The van der Waals surface area contributed by atoms with Crippen LogP contribution >= 0.6 is 0 Å². The highest BCUT2D eigenvalue weighted by atomic mass is 32.2. The van der Waals surface area contributed by atoms with Gasteiger partial charge in [0.15, 0.2) is 0 Å². The topological polar surface area (TPSA) is 104 Å². The summed E-state index contributed by atoms with van der Waals surface area (Å²) < 4.78 is 34.5. The molecule has 0 heterocycles. The van der Waals surface area contributed by atoms with Crippen LogP contribution in [0.2, 0.25) is 0 Å². The minimum atomic E-state index is -4.00. The van der Waals surface area contributed by atoms with E-state index in [1.165, 1.54) is 12.1 Å². The summed E-state index contributed by atoms with van der Waals surface area (Å²) in [7, 11) is -4.00. The van der Waals surface area contributed by atoms with Gasteiger partial charge in [-0.15, -0.1) is 0 Å². The minimum absolute atomic E-state index is 0.0741. The number of hydrogen-bond donors (Lipinski definition) is 3. The Balaban J connectivity index is 0.000000238. The number of aliphatic hydroxyl groups excluding tert-OH is 2. The van der Waals surface area contributed by atoms with E-state index in [-0.39, 0.29) is 18.1 Å². The van der Waals surface area contributed by atoms with Crippen LogP contribution < -0.4 is 0 Å². The zero-order valence-electron chi connectivity index (χ0n) is 12.4. The van der Waals surface area contributed by atoms with Crippen LogP contribution in [0.15, 0.2) is 65.6 Å². The second-order valence-corrected chi connectivity index (χ2v) is 5.99. The third kappa shape index (κ3) is 7.87. The Kier molecular flexibility index (Phi) is 8.46. The standard InChI is InChI=1S/C10H14O3.C6H6O3S/c11-6-10(7-12)13-8-9-4-2-1-3-5-9;7-10(8,9)6-4-2-1-3-5-6/h1-5,10-12H,6-8H2;1-5H,(H,7,8,9). The summed E-state index contributed by atoms with van der Waals surface area (Å²) in [6.45, 7) is 0.124. The van der Waals surface area contributed by atoms with Crippen molar-refractivity contribution in [3.63, 3.8) is 0 Å². The predicted molar refractivity (Wildman–Crippen MR) is 85.4 cm³/mol. The summed E-state index contributed by atoms with van der Waals surface area (Å²) in [6.07, 6.45) is -0.472. The summed E-state index contributed by atoms with van der Waals surface area (Å²) in [5.74, 6) is 0. The van der Waals surface area contributed by atoms with Crippen molar-refractivity contribution in [2.75, 3.05) is 13.2 Å². The molecule has 0 bridgehead atoms. The molecular formula is C16H20O6S. The SMILES string of the molecule is O=S(=O)(O)c1ccccc1.OCC(CO)OCc1ccccc1. The molecule has 0 aliphatic heterocycles. The second kappa shape index (κ2) is 10.1. The van der Waals surface area contributed by atoms with E-state index in [2.05, 4.69) is 0 Å². The van der Waals surface area contributed by atoms with Crippen LogP contribution in [0.3, 0.4) is 0 Å². The van der Waals surface area contributed by atoms with Gasteiger partial charge in [0.2, 0.25) is 0 Å². The molecule has 2 aromatic carbocycles. The first-order chi connectivity index (χ1) is 11.0. The number of benzene rings is 2. The van der Waals surface area contributed by atoms with Crippen LogP contribution in [0.4, 0.5) is 0 Å². The molecule has 0 spiro atoms. The van der Waals surface area contributed by atoms with E-state index >= 15 is 0 Å². The number of aliphatic hydroxyl groups is 2. The maximum absolute atomic E-state index is 10.4. The number of rotatable bonds is 6. The molecule has 0 radical (unpaired) electrons. The van der Waals surface area contributed by atoms with Gasteiger partial charge in [-0.05, 0) is 17.7 Å². The monoisotopic (exact) mass is 340 g/mol. The Morgan fingerprint density at radius 1 is 0.870 bits per heavy atom. The lowest BCUT2D eigenvalue weighted by Gasteiger charge is -2.11. The second-order valence-electron chi connectivity index (χ2n) is 4.57. The summed E-state index contributed by atoms with van der Waals surface area (Å²) in [4.78, 5) is -0.0741. The van der Waals surface area contributed by atoms with Crippen molar-refractivity contribution in [1.29, 1.82) is 0 Å². The van der Waals surface area contributed by atoms with E-state index in [0.717, 1.165) is 5.56 Å². The highest BCUT2D eigenvalue weighted by Crippen LogP contribution is 2.05. The lowest BCUT2D eigenvalue weighted by Crippen LogP contribution is -2.21. The molecule has 0 fully saturated rings. The van der Waals surface area contributed by atoms with Crippen molar-refractivity contribution in [1.82, 2.24) is 0 Å². The van der Waals surface area contributed by atoms with Gasteiger partial charge in [-0.1, -0.05) is 48.5 Å². The molecule has 23 heavy (non-hydrogen) atoms. The van der Waals surface area contributed by atoms with Gasteiger partial charge in [0, 0.05) is 0 Å².